The molecule has 0 saturated heterocycles. The minimum Gasteiger partial charge on any atom is -0.492 e. The number of aromatic nitrogens is 2. The molecule has 3 aromatic carbocycles. The van der Waals surface area contributed by atoms with Crippen molar-refractivity contribution in [2.45, 2.75) is 95.8 Å². The van der Waals surface area contributed by atoms with E-state index in [9.17, 15) is 29.2 Å². The van der Waals surface area contributed by atoms with E-state index in [4.69, 9.17) is 36.6 Å². The number of carbonyl (C=O) groups is 5. The molecule has 1 saturated carbocycles. The van der Waals surface area contributed by atoms with Gasteiger partial charge < -0.3 is 52.8 Å². The summed E-state index contributed by atoms with van der Waals surface area (Å²) in [5, 5.41) is 20.0. The molecular weight excluding hydrogens is 867 g/mol. The van der Waals surface area contributed by atoms with Crippen LogP contribution in [0.1, 0.15) is 90.4 Å². The second-order valence-electron chi connectivity index (χ2n) is 17.4. The van der Waals surface area contributed by atoms with Crippen LogP contribution in [0, 0.1) is 25.2 Å². The van der Waals surface area contributed by atoms with Gasteiger partial charge in [0.15, 0.2) is 5.82 Å². The number of benzene rings is 3. The lowest BCUT2D eigenvalue weighted by Crippen LogP contribution is -2.56. The average molecular weight is 930 g/mol. The van der Waals surface area contributed by atoms with E-state index in [1.807, 2.05) is 18.2 Å². The number of likely N-dealkylation sites (N-methyl/N-ethyl adjacent to an activating group) is 1. The van der Waals surface area contributed by atoms with Gasteiger partial charge in [0.2, 0.25) is 23.6 Å². The Kier molecular flexibility index (Phi) is 16.9. The van der Waals surface area contributed by atoms with Gasteiger partial charge in [0.1, 0.15) is 55.4 Å². The highest BCUT2D eigenvalue weighted by Crippen LogP contribution is 2.52. The fourth-order valence-corrected chi connectivity index (χ4v) is 8.82. The van der Waals surface area contributed by atoms with Crippen molar-refractivity contribution in [3.05, 3.63) is 94.3 Å². The van der Waals surface area contributed by atoms with Crippen LogP contribution in [0.15, 0.2) is 60.7 Å². The molecule has 68 heavy (non-hydrogen) atoms. The zero-order chi connectivity index (χ0) is 49.1. The molecule has 1 aliphatic carbocycles. The second-order valence-corrected chi connectivity index (χ2v) is 17.4. The Bertz CT molecular complexity index is 2520. The van der Waals surface area contributed by atoms with Gasteiger partial charge in [-0.25, -0.2) is 9.97 Å². The van der Waals surface area contributed by atoms with Gasteiger partial charge in [-0.05, 0) is 99.4 Å². The molecule has 18 nitrogen and oxygen atoms in total. The van der Waals surface area contributed by atoms with Crippen LogP contribution in [0.25, 0.3) is 22.5 Å². The number of rotatable bonds is 18. The molecule has 5 amide bonds. The van der Waals surface area contributed by atoms with Crippen molar-refractivity contribution in [1.82, 2.24) is 36.1 Å². The number of nitrogens with zero attached hydrogens (tertiary/aromatic N) is 4. The molecular formula is C50H63N11O7. The van der Waals surface area contributed by atoms with Crippen LogP contribution in [0.5, 0.6) is 11.5 Å². The molecule has 2 heterocycles. The summed E-state index contributed by atoms with van der Waals surface area (Å²) >= 11 is 0. The zero-order valence-electron chi connectivity index (χ0n) is 39.4. The van der Waals surface area contributed by atoms with Crippen molar-refractivity contribution in [3.63, 3.8) is 0 Å². The van der Waals surface area contributed by atoms with Gasteiger partial charge in [-0.1, -0.05) is 49.7 Å². The second kappa shape index (κ2) is 22.7. The molecule has 1 aliphatic heterocycles. The molecule has 10 N–H and O–H groups in total. The topological polar surface area (TPSA) is 283 Å². The predicted molar refractivity (Wildman–Crippen MR) is 256 cm³/mol. The summed E-state index contributed by atoms with van der Waals surface area (Å²) in [6.45, 7) is 7.45. The van der Waals surface area contributed by atoms with Gasteiger partial charge in [-0.2, -0.15) is 5.26 Å². The average Bonchev–Trinajstić information content (AvgIpc) is 4.11. The molecule has 360 valence electrons. The summed E-state index contributed by atoms with van der Waals surface area (Å²) in [5.41, 5.74) is 23.0. The molecule has 1 fully saturated rings. The van der Waals surface area contributed by atoms with Gasteiger partial charge in [0.25, 0.3) is 5.91 Å². The van der Waals surface area contributed by atoms with Crippen molar-refractivity contribution in [3.8, 4) is 40.1 Å². The molecule has 1 aromatic heterocycles. The quantitative estimate of drug-likeness (QED) is 0.0708. The first-order chi connectivity index (χ1) is 32.7. The number of amides is 5. The van der Waals surface area contributed by atoms with E-state index in [0.29, 0.717) is 51.0 Å². The number of fused-ring (bicyclic) bond motifs is 5. The highest BCUT2D eigenvalue weighted by Gasteiger charge is 2.43. The summed E-state index contributed by atoms with van der Waals surface area (Å²) in [7, 11) is 1.42. The van der Waals surface area contributed by atoms with Gasteiger partial charge in [-0.15, -0.1) is 0 Å². The molecule has 4 aromatic rings. The summed E-state index contributed by atoms with van der Waals surface area (Å²) in [5.74, 6) is -2.07. The lowest BCUT2D eigenvalue weighted by molar-refractivity contribution is -0.141. The number of nitrogens with one attached hydrogen (secondary N) is 4. The standard InChI is InChI=1S/C50H63N11O7/c1-6-16-50(17-18-50)35-11-8-33(9-12-35)44-56-29(2)42(30(3)57-44)47(64)59-38(15-19-51)49(66)61(5)43-34-10-14-41(68-25-22-54)37(28-34)36-26-32(7-13-40(36)67-24-21-53)27-39(46(63)55-23-20-52)60-45(62)31(4)58-48(43)65/h7-14,26,28,31,38-39,43H,6,15-19,21-25,27,51,53-54H2,1-5H3,(H,55,63)(H,58,65)(H,59,64)(H,60,62)/t31-,38-,39-,43-/m0/s1. The number of nitrogens with two attached hydrogens (primary N) is 3. The Labute approximate surface area is 397 Å². The van der Waals surface area contributed by atoms with Crippen molar-refractivity contribution in [2.75, 3.05) is 46.4 Å². The summed E-state index contributed by atoms with van der Waals surface area (Å²) in [4.78, 5) is 81.3. The Morgan fingerprint density at radius 1 is 0.897 bits per heavy atom. The van der Waals surface area contributed by atoms with Gasteiger partial charge in [0, 0.05) is 43.2 Å². The maximum absolute atomic E-state index is 14.8. The fraction of sp³-hybridized carbons (Fsp3) is 0.440. The number of carbonyl (C=O) groups excluding carboxylic acids is 5. The summed E-state index contributed by atoms with van der Waals surface area (Å²) in [6, 6.07) is 15.4. The van der Waals surface area contributed by atoms with E-state index in [0.717, 1.165) is 18.4 Å². The smallest absolute Gasteiger partial charge is 0.255 e. The Morgan fingerprint density at radius 2 is 1.53 bits per heavy atom. The van der Waals surface area contributed by atoms with Crippen LogP contribution in [0.2, 0.25) is 0 Å². The van der Waals surface area contributed by atoms with Crippen LogP contribution in [-0.2, 0) is 31.0 Å². The van der Waals surface area contributed by atoms with E-state index in [-0.39, 0.29) is 63.2 Å². The third-order valence-corrected chi connectivity index (χ3v) is 12.4. The fourth-order valence-electron chi connectivity index (χ4n) is 8.82. The molecule has 4 atom stereocenters. The zero-order valence-corrected chi connectivity index (χ0v) is 39.4. The number of nitriles is 1. The van der Waals surface area contributed by atoms with Crippen LogP contribution in [0.3, 0.4) is 0 Å². The number of ether oxygens (including phenoxy) is 2. The van der Waals surface area contributed by atoms with Gasteiger partial charge in [-0.3, -0.25) is 24.0 Å². The van der Waals surface area contributed by atoms with Crippen molar-refractivity contribution in [1.29, 1.82) is 5.26 Å². The monoisotopic (exact) mass is 929 g/mol. The molecule has 0 radical (unpaired) electrons. The minimum absolute atomic E-state index is 0.00343. The first-order valence-electron chi connectivity index (χ1n) is 23.1. The number of aryl methyl sites for hydroxylation is 2. The first kappa shape index (κ1) is 50.5. The van der Waals surface area contributed by atoms with Crippen LogP contribution < -0.4 is 47.9 Å². The molecule has 0 spiro atoms. The maximum Gasteiger partial charge on any atom is 0.255 e. The first-order valence-corrected chi connectivity index (χ1v) is 23.1. The molecule has 4 bridgehead atoms. The Balaban J connectivity index is 1.36. The van der Waals surface area contributed by atoms with Crippen LogP contribution in [0.4, 0.5) is 0 Å². The van der Waals surface area contributed by atoms with Gasteiger partial charge >= 0.3 is 0 Å². The lowest BCUT2D eigenvalue weighted by atomic mass is 9.90. The highest BCUT2D eigenvalue weighted by molar-refractivity contribution is 6.00. The van der Waals surface area contributed by atoms with Crippen molar-refractivity contribution < 1.29 is 33.4 Å². The number of hydrogen-bond donors (Lipinski definition) is 7. The molecule has 0 unspecified atom stereocenters. The third kappa shape index (κ3) is 11.6. The van der Waals surface area contributed by atoms with Gasteiger partial charge in [0.05, 0.1) is 23.0 Å². The molecule has 6 rings (SSSR count). The maximum atomic E-state index is 14.8. The lowest BCUT2D eigenvalue weighted by Gasteiger charge is -2.32. The van der Waals surface area contributed by atoms with Crippen molar-refractivity contribution >= 4 is 29.5 Å². The minimum atomic E-state index is -1.40. The van der Waals surface area contributed by atoms with Crippen LogP contribution in [-0.4, -0.2) is 109 Å². The Morgan fingerprint density at radius 3 is 2.12 bits per heavy atom. The van der Waals surface area contributed by atoms with E-state index >= 15 is 0 Å². The molecule has 2 aliphatic rings. The summed E-state index contributed by atoms with van der Waals surface area (Å²) < 4.78 is 12.2. The van der Waals surface area contributed by atoms with E-state index in [1.54, 1.807) is 50.2 Å². The largest absolute Gasteiger partial charge is 0.492 e. The SMILES string of the molecule is CCCC1(c2ccc(-c3nc(C)c(C(=O)N[C@@H](CCN)C(=O)N(C)[C@@H]4C(=O)N[C@@H](C)C(=O)N[C@H](C(=O)NCC#N)Cc5ccc(OCCN)c(c5)-c5cc4ccc5OCCN)c(C)n3)cc2)CC1. The van der Waals surface area contributed by atoms with Crippen molar-refractivity contribution in [2.24, 2.45) is 17.2 Å². The third-order valence-electron chi connectivity index (χ3n) is 12.4. The Hall–Kier alpha value is -6.94. The number of hydrogen-bond acceptors (Lipinski definition) is 13. The van der Waals surface area contributed by atoms with E-state index in [2.05, 4.69) is 40.3 Å². The predicted octanol–water partition coefficient (Wildman–Crippen LogP) is 2.77. The van der Waals surface area contributed by atoms with E-state index < -0.39 is 53.7 Å². The molecule has 18 heteroatoms. The van der Waals surface area contributed by atoms with Crippen LogP contribution >= 0.6 is 0 Å². The normalized spacial score (nSPS) is 17.8. The summed E-state index contributed by atoms with van der Waals surface area (Å²) in [6.07, 6.45) is 4.65. The highest BCUT2D eigenvalue weighted by atomic mass is 16.5. The van der Waals surface area contributed by atoms with E-state index in [1.165, 1.54) is 37.3 Å².